The summed E-state index contributed by atoms with van der Waals surface area (Å²) in [6, 6.07) is 3.93. The molecule has 9 heteroatoms. The number of nitrogens with one attached hydrogen (secondary N) is 2. The third kappa shape index (κ3) is 5.73. The minimum atomic E-state index is -3.78. The molecule has 0 saturated heterocycles. The first-order valence-electron chi connectivity index (χ1n) is 7.74. The van der Waals surface area contributed by atoms with Crippen molar-refractivity contribution < 1.29 is 13.3 Å². The van der Waals surface area contributed by atoms with Gasteiger partial charge in [0.1, 0.15) is 5.69 Å². The van der Waals surface area contributed by atoms with E-state index in [9.17, 15) is 18.5 Å². The van der Waals surface area contributed by atoms with Crippen LogP contribution in [0.4, 0.5) is 11.4 Å². The molecule has 0 fully saturated rings. The lowest BCUT2D eigenvalue weighted by Gasteiger charge is -2.19. The van der Waals surface area contributed by atoms with Gasteiger partial charge >= 0.3 is 0 Å². The van der Waals surface area contributed by atoms with E-state index in [1.807, 2.05) is 39.8 Å². The SMILES string of the molecule is CC(C)C(C)Nc1ccc(S(=O)(=O)NCCN(C)C)cc1[N+](=O)[O-]. The molecule has 136 valence electrons. The lowest BCUT2D eigenvalue weighted by Crippen LogP contribution is -2.31. The zero-order chi connectivity index (χ0) is 18.5. The zero-order valence-electron chi connectivity index (χ0n) is 14.7. The van der Waals surface area contributed by atoms with Gasteiger partial charge in [-0.05, 0) is 39.1 Å². The Morgan fingerprint density at radius 1 is 1.25 bits per heavy atom. The van der Waals surface area contributed by atoms with E-state index in [-0.39, 0.29) is 29.1 Å². The molecule has 1 atom stereocenters. The van der Waals surface area contributed by atoms with Crippen molar-refractivity contribution in [1.29, 1.82) is 0 Å². The van der Waals surface area contributed by atoms with Crippen LogP contribution in [0.5, 0.6) is 0 Å². The Hall–Kier alpha value is -1.71. The first-order chi connectivity index (χ1) is 11.0. The van der Waals surface area contributed by atoms with E-state index in [1.54, 1.807) is 0 Å². The van der Waals surface area contributed by atoms with Crippen LogP contribution >= 0.6 is 0 Å². The Bertz CT molecular complexity index is 674. The fraction of sp³-hybridized carbons (Fsp3) is 0.600. The molecule has 2 N–H and O–H groups in total. The van der Waals surface area contributed by atoms with Gasteiger partial charge in [-0.1, -0.05) is 13.8 Å². The summed E-state index contributed by atoms with van der Waals surface area (Å²) in [6.07, 6.45) is 0. The van der Waals surface area contributed by atoms with Crippen molar-refractivity contribution in [2.24, 2.45) is 5.92 Å². The van der Waals surface area contributed by atoms with E-state index >= 15 is 0 Å². The van der Waals surface area contributed by atoms with Crippen LogP contribution in [0.25, 0.3) is 0 Å². The molecule has 0 heterocycles. The fourth-order valence-corrected chi connectivity index (χ4v) is 2.89. The third-order valence-electron chi connectivity index (χ3n) is 3.71. The fourth-order valence-electron chi connectivity index (χ4n) is 1.85. The summed E-state index contributed by atoms with van der Waals surface area (Å²) in [4.78, 5) is 12.4. The molecule has 0 radical (unpaired) electrons. The molecular formula is C15H26N4O4S. The zero-order valence-corrected chi connectivity index (χ0v) is 15.6. The number of sulfonamides is 1. The molecule has 8 nitrogen and oxygen atoms in total. The van der Waals surface area contributed by atoms with Crippen LogP contribution in [0.3, 0.4) is 0 Å². The van der Waals surface area contributed by atoms with Crippen molar-refractivity contribution >= 4 is 21.4 Å². The predicted molar refractivity (Wildman–Crippen MR) is 94.8 cm³/mol. The Morgan fingerprint density at radius 3 is 2.38 bits per heavy atom. The molecule has 1 unspecified atom stereocenters. The highest BCUT2D eigenvalue weighted by Crippen LogP contribution is 2.28. The van der Waals surface area contributed by atoms with E-state index in [2.05, 4.69) is 10.0 Å². The quantitative estimate of drug-likeness (QED) is 0.516. The van der Waals surface area contributed by atoms with Gasteiger partial charge in [0.15, 0.2) is 0 Å². The van der Waals surface area contributed by atoms with Gasteiger partial charge in [-0.15, -0.1) is 0 Å². The van der Waals surface area contributed by atoms with Gasteiger partial charge in [0.05, 0.1) is 9.82 Å². The first kappa shape index (κ1) is 20.3. The molecule has 0 bridgehead atoms. The molecule has 1 rings (SSSR count). The van der Waals surface area contributed by atoms with E-state index in [0.29, 0.717) is 12.2 Å². The molecule has 1 aromatic rings. The average Bonchev–Trinajstić information content (AvgIpc) is 2.46. The number of hydrogen-bond donors (Lipinski definition) is 2. The second kappa shape index (κ2) is 8.41. The van der Waals surface area contributed by atoms with Gasteiger partial charge in [-0.2, -0.15) is 0 Å². The molecule has 0 aliphatic heterocycles. The smallest absolute Gasteiger partial charge is 0.293 e. The van der Waals surface area contributed by atoms with Crippen molar-refractivity contribution in [3.8, 4) is 0 Å². The summed E-state index contributed by atoms with van der Waals surface area (Å²) < 4.78 is 27.0. The topological polar surface area (TPSA) is 105 Å². The maximum atomic E-state index is 12.3. The molecule has 0 aromatic heterocycles. The summed E-state index contributed by atoms with van der Waals surface area (Å²) in [7, 11) is -0.125. The second-order valence-electron chi connectivity index (χ2n) is 6.31. The predicted octanol–water partition coefficient (Wildman–Crippen LogP) is 1.89. The highest BCUT2D eigenvalue weighted by molar-refractivity contribution is 7.89. The Labute approximate surface area is 143 Å². The highest BCUT2D eigenvalue weighted by atomic mass is 32.2. The number of nitro benzene ring substituents is 1. The first-order valence-corrected chi connectivity index (χ1v) is 9.22. The molecule has 1 aromatic carbocycles. The van der Waals surface area contributed by atoms with Gasteiger partial charge in [-0.3, -0.25) is 10.1 Å². The number of anilines is 1. The Morgan fingerprint density at radius 2 is 1.88 bits per heavy atom. The van der Waals surface area contributed by atoms with Gasteiger partial charge in [0, 0.05) is 25.2 Å². The maximum Gasteiger partial charge on any atom is 0.293 e. The van der Waals surface area contributed by atoms with Crippen molar-refractivity contribution in [2.45, 2.75) is 31.7 Å². The summed E-state index contributed by atoms with van der Waals surface area (Å²) in [5.74, 6) is 0.278. The lowest BCUT2D eigenvalue weighted by molar-refractivity contribution is -0.384. The van der Waals surface area contributed by atoms with E-state index in [4.69, 9.17) is 0 Å². The molecule has 24 heavy (non-hydrogen) atoms. The van der Waals surface area contributed by atoms with Gasteiger partial charge in [0.25, 0.3) is 5.69 Å². The summed E-state index contributed by atoms with van der Waals surface area (Å²) >= 11 is 0. The maximum absolute atomic E-state index is 12.3. The minimum absolute atomic E-state index is 0.0179. The van der Waals surface area contributed by atoms with Crippen LogP contribution in [0.15, 0.2) is 23.1 Å². The van der Waals surface area contributed by atoms with Crippen LogP contribution in [0.1, 0.15) is 20.8 Å². The van der Waals surface area contributed by atoms with Gasteiger partial charge in [0.2, 0.25) is 10.0 Å². The van der Waals surface area contributed by atoms with Crippen LogP contribution < -0.4 is 10.0 Å². The number of nitrogens with zero attached hydrogens (tertiary/aromatic N) is 2. The van der Waals surface area contributed by atoms with Gasteiger partial charge in [-0.25, -0.2) is 13.1 Å². The van der Waals surface area contributed by atoms with Gasteiger partial charge < -0.3 is 10.2 Å². The van der Waals surface area contributed by atoms with Crippen LogP contribution in [0.2, 0.25) is 0 Å². The van der Waals surface area contributed by atoms with Crippen LogP contribution in [0, 0.1) is 16.0 Å². The molecule has 0 spiro atoms. The summed E-state index contributed by atoms with van der Waals surface area (Å²) in [5.41, 5.74) is 0.0615. The third-order valence-corrected chi connectivity index (χ3v) is 5.17. The normalized spacial score (nSPS) is 13.3. The van der Waals surface area contributed by atoms with Crippen molar-refractivity contribution in [1.82, 2.24) is 9.62 Å². The number of benzene rings is 1. The monoisotopic (exact) mass is 358 g/mol. The van der Waals surface area contributed by atoms with E-state index < -0.39 is 14.9 Å². The number of nitro groups is 1. The second-order valence-corrected chi connectivity index (χ2v) is 8.08. The summed E-state index contributed by atoms with van der Waals surface area (Å²) in [6.45, 7) is 6.68. The molecule has 0 aliphatic carbocycles. The number of hydrogen-bond acceptors (Lipinski definition) is 6. The Balaban J connectivity index is 3.07. The Kier molecular flexibility index (Phi) is 7.12. The largest absolute Gasteiger partial charge is 0.377 e. The summed E-state index contributed by atoms with van der Waals surface area (Å²) in [5, 5.41) is 14.4. The van der Waals surface area contributed by atoms with Crippen LogP contribution in [-0.4, -0.2) is 51.5 Å². The highest BCUT2D eigenvalue weighted by Gasteiger charge is 2.22. The standard InChI is InChI=1S/C15H26N4O4S/c1-11(2)12(3)17-14-7-6-13(10-15(14)19(20)21)24(22,23)16-8-9-18(4)5/h6-7,10-12,16-17H,8-9H2,1-5H3. The number of likely N-dealkylation sites (N-methyl/N-ethyl adjacent to an activating group) is 1. The van der Waals surface area contributed by atoms with E-state index in [0.717, 1.165) is 6.07 Å². The van der Waals surface area contributed by atoms with Crippen molar-refractivity contribution in [3.63, 3.8) is 0 Å². The van der Waals surface area contributed by atoms with Crippen molar-refractivity contribution in [2.75, 3.05) is 32.5 Å². The van der Waals surface area contributed by atoms with Crippen LogP contribution in [-0.2, 0) is 10.0 Å². The van der Waals surface area contributed by atoms with E-state index in [1.165, 1.54) is 12.1 Å². The molecule has 0 amide bonds. The molecule has 0 saturated carbocycles. The minimum Gasteiger partial charge on any atom is -0.377 e. The molecular weight excluding hydrogens is 332 g/mol. The van der Waals surface area contributed by atoms with Crippen molar-refractivity contribution in [3.05, 3.63) is 28.3 Å². The number of rotatable bonds is 9. The molecule has 0 aliphatic rings. The lowest BCUT2D eigenvalue weighted by atomic mass is 10.1. The average molecular weight is 358 g/mol.